The van der Waals surface area contributed by atoms with Gasteiger partial charge in [0, 0.05) is 18.3 Å². The first-order valence-electron chi connectivity index (χ1n) is 6.71. The Labute approximate surface area is 123 Å². The fourth-order valence-electron chi connectivity index (χ4n) is 1.88. The van der Waals surface area contributed by atoms with E-state index >= 15 is 0 Å². The van der Waals surface area contributed by atoms with E-state index in [-0.39, 0.29) is 6.61 Å². The Bertz CT molecular complexity index is 650. The summed E-state index contributed by atoms with van der Waals surface area (Å²) in [7, 11) is 0. The molecule has 1 aromatic heterocycles. The van der Waals surface area contributed by atoms with E-state index in [9.17, 15) is 0 Å². The molecule has 2 aromatic rings. The van der Waals surface area contributed by atoms with Crippen molar-refractivity contribution in [2.75, 3.05) is 6.61 Å². The lowest BCUT2D eigenvalue weighted by atomic mass is 10.2. The molecule has 0 atom stereocenters. The van der Waals surface area contributed by atoms with Crippen LogP contribution in [0.5, 0.6) is 11.5 Å². The summed E-state index contributed by atoms with van der Waals surface area (Å²) >= 11 is 0. The predicted octanol–water partition coefficient (Wildman–Crippen LogP) is 2.39. The Morgan fingerprint density at radius 3 is 2.81 bits per heavy atom. The Morgan fingerprint density at radius 2 is 2.10 bits per heavy atom. The highest BCUT2D eigenvalue weighted by atomic mass is 16.5. The van der Waals surface area contributed by atoms with Gasteiger partial charge in [-0.05, 0) is 30.7 Å². The average molecular weight is 283 g/mol. The number of aromatic nitrogens is 1. The van der Waals surface area contributed by atoms with Crippen molar-refractivity contribution in [3.8, 4) is 17.6 Å². The zero-order valence-corrected chi connectivity index (χ0v) is 11.9. The maximum Gasteiger partial charge on any atom is 0.161 e. The molecule has 0 unspecified atom stereocenters. The van der Waals surface area contributed by atoms with Crippen LogP contribution >= 0.6 is 0 Å². The number of rotatable bonds is 6. The van der Waals surface area contributed by atoms with Gasteiger partial charge in [0.2, 0.25) is 0 Å². The van der Waals surface area contributed by atoms with Crippen molar-refractivity contribution in [2.24, 2.45) is 5.73 Å². The number of hydrogen-bond donors (Lipinski definition) is 1. The third kappa shape index (κ3) is 3.71. The third-order valence-corrected chi connectivity index (χ3v) is 2.92. The summed E-state index contributed by atoms with van der Waals surface area (Å²) in [5.74, 6) is 1.28. The maximum absolute atomic E-state index is 9.02. The largest absolute Gasteiger partial charge is 0.490 e. The van der Waals surface area contributed by atoms with E-state index in [1.807, 2.05) is 31.2 Å². The number of ether oxygens (including phenoxy) is 2. The molecule has 0 fully saturated rings. The van der Waals surface area contributed by atoms with Crippen LogP contribution in [0.3, 0.4) is 0 Å². The highest BCUT2D eigenvalue weighted by Gasteiger charge is 2.08. The fourth-order valence-corrected chi connectivity index (χ4v) is 1.88. The quantitative estimate of drug-likeness (QED) is 0.880. The lowest BCUT2D eigenvalue weighted by molar-refractivity contribution is 0.268. The van der Waals surface area contributed by atoms with Crippen molar-refractivity contribution in [1.29, 1.82) is 5.26 Å². The van der Waals surface area contributed by atoms with E-state index in [2.05, 4.69) is 11.1 Å². The van der Waals surface area contributed by atoms with Gasteiger partial charge in [0.25, 0.3) is 0 Å². The van der Waals surface area contributed by atoms with Crippen LogP contribution in [0.25, 0.3) is 0 Å². The molecule has 0 aliphatic heterocycles. The molecule has 0 spiro atoms. The summed E-state index contributed by atoms with van der Waals surface area (Å²) in [5, 5.41) is 9.02. The Hall–Kier alpha value is -2.58. The molecule has 0 aliphatic carbocycles. The number of nitrogens with two attached hydrogens (primary N) is 1. The SMILES string of the molecule is CCOc1cc(CN)ccc1OCc1cccnc1C#N. The van der Waals surface area contributed by atoms with Crippen LogP contribution in [-0.4, -0.2) is 11.6 Å². The molecular formula is C16H17N3O2. The monoisotopic (exact) mass is 283 g/mol. The maximum atomic E-state index is 9.02. The summed E-state index contributed by atoms with van der Waals surface area (Å²) in [5.41, 5.74) is 7.71. The van der Waals surface area contributed by atoms with E-state index in [4.69, 9.17) is 20.5 Å². The second-order valence-corrected chi connectivity index (χ2v) is 4.33. The van der Waals surface area contributed by atoms with E-state index in [1.54, 1.807) is 12.3 Å². The van der Waals surface area contributed by atoms with Gasteiger partial charge < -0.3 is 15.2 Å². The van der Waals surface area contributed by atoms with Crippen LogP contribution in [0.2, 0.25) is 0 Å². The average Bonchev–Trinajstić information content (AvgIpc) is 2.54. The highest BCUT2D eigenvalue weighted by Crippen LogP contribution is 2.29. The fraction of sp³-hybridized carbons (Fsp3) is 0.250. The lowest BCUT2D eigenvalue weighted by Gasteiger charge is -2.13. The van der Waals surface area contributed by atoms with Crippen LogP contribution in [-0.2, 0) is 13.2 Å². The number of hydrogen-bond acceptors (Lipinski definition) is 5. The van der Waals surface area contributed by atoms with Crippen LogP contribution in [0, 0.1) is 11.3 Å². The number of nitrogens with zero attached hydrogens (tertiary/aromatic N) is 2. The molecular weight excluding hydrogens is 266 g/mol. The van der Waals surface area contributed by atoms with Crippen LogP contribution < -0.4 is 15.2 Å². The van der Waals surface area contributed by atoms with Gasteiger partial charge in [0.1, 0.15) is 18.4 Å². The molecule has 2 rings (SSSR count). The predicted molar refractivity (Wildman–Crippen MR) is 78.8 cm³/mol. The summed E-state index contributed by atoms with van der Waals surface area (Å²) in [6.45, 7) is 3.16. The van der Waals surface area contributed by atoms with Crippen molar-refractivity contribution in [1.82, 2.24) is 4.98 Å². The van der Waals surface area contributed by atoms with Crippen molar-refractivity contribution in [3.05, 3.63) is 53.3 Å². The number of nitriles is 1. The van der Waals surface area contributed by atoms with Gasteiger partial charge >= 0.3 is 0 Å². The third-order valence-electron chi connectivity index (χ3n) is 2.92. The molecule has 5 nitrogen and oxygen atoms in total. The summed E-state index contributed by atoms with van der Waals surface area (Å²) in [6, 6.07) is 11.2. The van der Waals surface area contributed by atoms with Crippen LogP contribution in [0.15, 0.2) is 36.5 Å². The lowest BCUT2D eigenvalue weighted by Crippen LogP contribution is -2.03. The van der Waals surface area contributed by atoms with E-state index < -0.39 is 0 Å². The van der Waals surface area contributed by atoms with E-state index in [1.165, 1.54) is 0 Å². The normalized spacial score (nSPS) is 9.95. The van der Waals surface area contributed by atoms with Gasteiger partial charge in [-0.25, -0.2) is 4.98 Å². The van der Waals surface area contributed by atoms with Gasteiger partial charge in [-0.3, -0.25) is 0 Å². The Balaban J connectivity index is 2.17. The summed E-state index contributed by atoms with van der Waals surface area (Å²) in [6.07, 6.45) is 1.59. The molecule has 21 heavy (non-hydrogen) atoms. The van der Waals surface area contributed by atoms with Crippen molar-refractivity contribution < 1.29 is 9.47 Å². The second-order valence-electron chi connectivity index (χ2n) is 4.33. The van der Waals surface area contributed by atoms with Crippen LogP contribution in [0.4, 0.5) is 0 Å². The Morgan fingerprint density at radius 1 is 1.24 bits per heavy atom. The van der Waals surface area contributed by atoms with Gasteiger partial charge in [-0.15, -0.1) is 0 Å². The molecule has 5 heteroatoms. The second kappa shape index (κ2) is 7.27. The molecule has 0 aliphatic rings. The van der Waals surface area contributed by atoms with E-state index in [0.29, 0.717) is 30.3 Å². The summed E-state index contributed by atoms with van der Waals surface area (Å²) in [4.78, 5) is 4.01. The van der Waals surface area contributed by atoms with Crippen molar-refractivity contribution in [3.63, 3.8) is 0 Å². The minimum atomic E-state index is 0.263. The van der Waals surface area contributed by atoms with Gasteiger partial charge in [-0.1, -0.05) is 12.1 Å². The first kappa shape index (κ1) is 14.8. The van der Waals surface area contributed by atoms with Crippen molar-refractivity contribution in [2.45, 2.75) is 20.1 Å². The molecule has 0 saturated heterocycles. The molecule has 0 saturated carbocycles. The van der Waals surface area contributed by atoms with Crippen LogP contribution in [0.1, 0.15) is 23.7 Å². The Kier molecular flexibility index (Phi) is 5.13. The topological polar surface area (TPSA) is 81.2 Å². The zero-order chi connectivity index (χ0) is 15.1. The molecule has 2 N–H and O–H groups in total. The molecule has 108 valence electrons. The molecule has 1 heterocycles. The highest BCUT2D eigenvalue weighted by molar-refractivity contribution is 5.43. The minimum absolute atomic E-state index is 0.263. The number of pyridine rings is 1. The number of benzene rings is 1. The summed E-state index contributed by atoms with van der Waals surface area (Å²) < 4.78 is 11.3. The molecule has 0 radical (unpaired) electrons. The van der Waals surface area contributed by atoms with Crippen molar-refractivity contribution >= 4 is 0 Å². The standard InChI is InChI=1S/C16H17N3O2/c1-2-20-16-8-12(9-17)5-6-15(16)21-11-13-4-3-7-19-14(13)10-18/h3-8H,2,9,11,17H2,1H3. The minimum Gasteiger partial charge on any atom is -0.490 e. The van der Waals surface area contributed by atoms with Gasteiger partial charge in [0.05, 0.1) is 6.61 Å². The zero-order valence-electron chi connectivity index (χ0n) is 11.9. The first-order valence-corrected chi connectivity index (χ1v) is 6.71. The van der Waals surface area contributed by atoms with Gasteiger partial charge in [-0.2, -0.15) is 5.26 Å². The van der Waals surface area contributed by atoms with E-state index in [0.717, 1.165) is 11.1 Å². The molecule has 0 bridgehead atoms. The first-order chi connectivity index (χ1) is 10.3. The smallest absolute Gasteiger partial charge is 0.161 e. The van der Waals surface area contributed by atoms with Gasteiger partial charge in [0.15, 0.2) is 11.5 Å². The molecule has 0 amide bonds. The molecule has 1 aromatic carbocycles.